The zero-order valence-electron chi connectivity index (χ0n) is 17.9. The second kappa shape index (κ2) is 9.71. The zero-order chi connectivity index (χ0) is 22.5. The first-order valence-electron chi connectivity index (χ1n) is 10.3. The monoisotopic (exact) mass is 487 g/mol. The predicted molar refractivity (Wildman–Crippen MR) is 130 cm³/mol. The van der Waals surface area contributed by atoms with Gasteiger partial charge in [0.2, 0.25) is 0 Å². The van der Waals surface area contributed by atoms with E-state index in [0.717, 1.165) is 32.2 Å². The Hall–Kier alpha value is -3.56. The first-order valence-corrected chi connectivity index (χ1v) is 11.1. The summed E-state index contributed by atoms with van der Waals surface area (Å²) in [5.41, 5.74) is 5.16. The van der Waals surface area contributed by atoms with Gasteiger partial charge in [-0.05, 0) is 60.9 Å². The van der Waals surface area contributed by atoms with E-state index in [0.29, 0.717) is 36.1 Å². The molecule has 0 aliphatic carbocycles. The van der Waals surface area contributed by atoms with Gasteiger partial charge < -0.3 is 14.5 Å². The molecule has 0 aliphatic rings. The van der Waals surface area contributed by atoms with Crippen LogP contribution < -0.4 is 9.47 Å². The molecular formula is C26H22BrN3O2. The summed E-state index contributed by atoms with van der Waals surface area (Å²) in [5.74, 6) is 1.79. The molecule has 160 valence electrons. The van der Waals surface area contributed by atoms with E-state index < -0.39 is 0 Å². The molecule has 4 rings (SSSR count). The van der Waals surface area contributed by atoms with E-state index in [1.807, 2.05) is 74.5 Å². The highest BCUT2D eigenvalue weighted by Crippen LogP contribution is 2.36. The molecule has 0 saturated carbocycles. The van der Waals surface area contributed by atoms with Crippen molar-refractivity contribution in [3.63, 3.8) is 0 Å². The van der Waals surface area contributed by atoms with Gasteiger partial charge in [0, 0.05) is 4.47 Å². The molecule has 0 spiro atoms. The van der Waals surface area contributed by atoms with Crippen LogP contribution >= 0.6 is 15.9 Å². The molecule has 1 heterocycles. The average molecular weight is 488 g/mol. The number of aromatic amines is 1. The standard InChI is InChI=1S/C26H22BrN3O2/c1-3-31-24-13-19(21(27)14-25(24)32-16-18-7-5-4-6-8-18)12-20(15-28)26-29-22-10-9-17(2)11-23(22)30-26/h4-14H,3,16H2,1-2H3,(H,29,30). The van der Waals surface area contributed by atoms with Crippen molar-refractivity contribution in [3.8, 4) is 17.6 Å². The van der Waals surface area contributed by atoms with Crippen molar-refractivity contribution >= 4 is 38.6 Å². The van der Waals surface area contributed by atoms with Crippen LogP contribution in [0.4, 0.5) is 0 Å². The van der Waals surface area contributed by atoms with Crippen LogP contribution in [0.1, 0.15) is 29.4 Å². The van der Waals surface area contributed by atoms with E-state index >= 15 is 0 Å². The average Bonchev–Trinajstić information content (AvgIpc) is 3.21. The topological polar surface area (TPSA) is 70.9 Å². The number of aryl methyl sites for hydroxylation is 1. The molecule has 0 aliphatic heterocycles. The minimum absolute atomic E-state index is 0.431. The Morgan fingerprint density at radius 1 is 1.09 bits per heavy atom. The molecule has 6 heteroatoms. The van der Waals surface area contributed by atoms with Gasteiger partial charge in [-0.25, -0.2) is 4.98 Å². The van der Waals surface area contributed by atoms with Crippen LogP contribution in [0.25, 0.3) is 22.7 Å². The first kappa shape index (κ1) is 21.7. The fraction of sp³-hybridized carbons (Fsp3) is 0.154. The quantitative estimate of drug-likeness (QED) is 0.295. The highest BCUT2D eigenvalue weighted by molar-refractivity contribution is 9.10. The fourth-order valence-corrected chi connectivity index (χ4v) is 3.77. The van der Waals surface area contributed by atoms with E-state index in [9.17, 15) is 5.26 Å². The molecular weight excluding hydrogens is 466 g/mol. The summed E-state index contributed by atoms with van der Waals surface area (Å²) in [6, 6.07) is 21.9. The van der Waals surface area contributed by atoms with Gasteiger partial charge in [0.15, 0.2) is 11.5 Å². The molecule has 4 aromatic rings. The van der Waals surface area contributed by atoms with Gasteiger partial charge in [-0.15, -0.1) is 0 Å². The summed E-state index contributed by atoms with van der Waals surface area (Å²) < 4.78 is 12.6. The molecule has 0 radical (unpaired) electrons. The van der Waals surface area contributed by atoms with Crippen molar-refractivity contribution in [1.82, 2.24) is 9.97 Å². The number of ether oxygens (including phenoxy) is 2. The lowest BCUT2D eigenvalue weighted by atomic mass is 10.1. The highest BCUT2D eigenvalue weighted by atomic mass is 79.9. The second-order valence-electron chi connectivity index (χ2n) is 7.30. The van der Waals surface area contributed by atoms with Crippen molar-refractivity contribution in [2.24, 2.45) is 0 Å². The maximum atomic E-state index is 9.80. The summed E-state index contributed by atoms with van der Waals surface area (Å²) in [4.78, 5) is 7.82. The molecule has 0 unspecified atom stereocenters. The number of hydrogen-bond donors (Lipinski definition) is 1. The Labute approximate surface area is 195 Å². The molecule has 0 fully saturated rings. The van der Waals surface area contributed by atoms with Crippen molar-refractivity contribution in [2.45, 2.75) is 20.5 Å². The molecule has 5 nitrogen and oxygen atoms in total. The maximum Gasteiger partial charge on any atom is 0.162 e. The van der Waals surface area contributed by atoms with Crippen molar-refractivity contribution in [3.05, 3.63) is 87.7 Å². The number of nitriles is 1. The normalized spacial score (nSPS) is 11.4. The summed E-state index contributed by atoms with van der Waals surface area (Å²) in [5, 5.41) is 9.80. The number of benzene rings is 3. The van der Waals surface area contributed by atoms with E-state index in [1.165, 1.54) is 0 Å². The van der Waals surface area contributed by atoms with Gasteiger partial charge in [0.25, 0.3) is 0 Å². The summed E-state index contributed by atoms with van der Waals surface area (Å²) in [7, 11) is 0. The van der Waals surface area contributed by atoms with Crippen LogP contribution in [-0.2, 0) is 6.61 Å². The van der Waals surface area contributed by atoms with Crippen LogP contribution in [0, 0.1) is 18.3 Å². The molecule has 1 aromatic heterocycles. The number of allylic oxidation sites excluding steroid dienone is 1. The number of halogens is 1. The Morgan fingerprint density at radius 3 is 2.62 bits per heavy atom. The number of rotatable bonds is 7. The summed E-state index contributed by atoms with van der Waals surface area (Å²) >= 11 is 3.61. The second-order valence-corrected chi connectivity index (χ2v) is 8.16. The number of aromatic nitrogens is 2. The molecule has 1 N–H and O–H groups in total. The van der Waals surface area contributed by atoms with E-state index in [1.54, 1.807) is 6.08 Å². The van der Waals surface area contributed by atoms with Crippen molar-refractivity contribution < 1.29 is 9.47 Å². The number of imidazole rings is 1. The number of nitrogens with zero attached hydrogens (tertiary/aromatic N) is 2. The predicted octanol–water partition coefficient (Wildman–Crippen LogP) is 6.68. The van der Waals surface area contributed by atoms with Crippen LogP contribution in [0.5, 0.6) is 11.5 Å². The van der Waals surface area contributed by atoms with Gasteiger partial charge in [0.05, 0.1) is 23.2 Å². The molecule has 3 aromatic carbocycles. The van der Waals surface area contributed by atoms with E-state index in [4.69, 9.17) is 9.47 Å². The number of hydrogen-bond acceptors (Lipinski definition) is 4. The van der Waals surface area contributed by atoms with Gasteiger partial charge in [-0.3, -0.25) is 0 Å². The Morgan fingerprint density at radius 2 is 1.88 bits per heavy atom. The van der Waals surface area contributed by atoms with Gasteiger partial charge >= 0.3 is 0 Å². The fourth-order valence-electron chi connectivity index (χ4n) is 3.34. The van der Waals surface area contributed by atoms with E-state index in [-0.39, 0.29) is 0 Å². The summed E-state index contributed by atoms with van der Waals surface area (Å²) in [6.45, 7) is 4.88. The third-order valence-electron chi connectivity index (χ3n) is 4.91. The lowest BCUT2D eigenvalue weighted by molar-refractivity contribution is 0.269. The molecule has 0 bridgehead atoms. The molecule has 32 heavy (non-hydrogen) atoms. The zero-order valence-corrected chi connectivity index (χ0v) is 19.4. The first-order chi connectivity index (χ1) is 15.6. The lowest BCUT2D eigenvalue weighted by Gasteiger charge is -2.14. The SMILES string of the molecule is CCOc1cc(C=C(C#N)c2nc3ccc(C)cc3[nH]2)c(Br)cc1OCc1ccccc1. The van der Waals surface area contributed by atoms with E-state index in [2.05, 4.69) is 32.0 Å². The third-order valence-corrected chi connectivity index (χ3v) is 5.60. The third kappa shape index (κ3) is 4.84. The Kier molecular flexibility index (Phi) is 6.58. The minimum Gasteiger partial charge on any atom is -0.490 e. The maximum absolute atomic E-state index is 9.80. The van der Waals surface area contributed by atoms with Crippen LogP contribution in [-0.4, -0.2) is 16.6 Å². The largest absolute Gasteiger partial charge is 0.490 e. The number of nitrogens with one attached hydrogen (secondary N) is 1. The van der Waals surface area contributed by atoms with Crippen molar-refractivity contribution in [1.29, 1.82) is 5.26 Å². The lowest BCUT2D eigenvalue weighted by Crippen LogP contribution is -2.00. The van der Waals surface area contributed by atoms with Crippen LogP contribution in [0.3, 0.4) is 0 Å². The van der Waals surface area contributed by atoms with Gasteiger partial charge in [-0.2, -0.15) is 5.26 Å². The van der Waals surface area contributed by atoms with Crippen LogP contribution in [0.15, 0.2) is 65.1 Å². The molecule has 0 amide bonds. The number of H-pyrrole nitrogens is 1. The van der Waals surface area contributed by atoms with Crippen LogP contribution in [0.2, 0.25) is 0 Å². The minimum atomic E-state index is 0.431. The Bertz CT molecular complexity index is 1320. The van der Waals surface area contributed by atoms with Crippen molar-refractivity contribution in [2.75, 3.05) is 6.61 Å². The van der Waals surface area contributed by atoms with Gasteiger partial charge in [-0.1, -0.05) is 52.3 Å². The smallest absolute Gasteiger partial charge is 0.162 e. The van der Waals surface area contributed by atoms with Gasteiger partial charge in [0.1, 0.15) is 18.5 Å². The number of fused-ring (bicyclic) bond motifs is 1. The summed E-state index contributed by atoms with van der Waals surface area (Å²) in [6.07, 6.45) is 1.79. The highest BCUT2D eigenvalue weighted by Gasteiger charge is 2.13. The molecule has 0 saturated heterocycles. The Balaban J connectivity index is 1.67. The molecule has 0 atom stereocenters.